The highest BCUT2D eigenvalue weighted by Gasteiger charge is 2.62. The van der Waals surface area contributed by atoms with E-state index in [1.165, 1.54) is 0 Å². The summed E-state index contributed by atoms with van der Waals surface area (Å²) in [6.45, 7) is 7.94. The summed E-state index contributed by atoms with van der Waals surface area (Å²) >= 11 is 0. The van der Waals surface area contributed by atoms with Crippen molar-refractivity contribution in [2.24, 2.45) is 17.8 Å². The molecule has 0 aromatic heterocycles. The van der Waals surface area contributed by atoms with Crippen LogP contribution in [0.2, 0.25) is 0 Å². The number of fused-ring (bicyclic) bond motifs is 5. The van der Waals surface area contributed by atoms with Gasteiger partial charge in [0.2, 0.25) is 11.8 Å². The first kappa shape index (κ1) is 16.4. The Morgan fingerprint density at radius 3 is 2.44 bits per heavy atom. The number of hydrogen-bond donors (Lipinski definition) is 1. The van der Waals surface area contributed by atoms with Gasteiger partial charge in [0, 0.05) is 5.54 Å². The number of likely N-dealkylation sites (tertiary alicyclic amines) is 1. The molecule has 132 valence electrons. The van der Waals surface area contributed by atoms with E-state index in [2.05, 4.69) is 17.5 Å². The van der Waals surface area contributed by atoms with E-state index < -0.39 is 6.04 Å². The van der Waals surface area contributed by atoms with Crippen LogP contribution >= 0.6 is 0 Å². The Hall–Kier alpha value is -2.10. The maximum atomic E-state index is 13.1. The van der Waals surface area contributed by atoms with Crippen LogP contribution in [0.5, 0.6) is 0 Å². The molecule has 1 saturated carbocycles. The van der Waals surface area contributed by atoms with Gasteiger partial charge in [-0.2, -0.15) is 0 Å². The fourth-order valence-electron chi connectivity index (χ4n) is 4.67. The van der Waals surface area contributed by atoms with Gasteiger partial charge in [-0.3, -0.25) is 9.59 Å². The van der Waals surface area contributed by atoms with E-state index in [9.17, 15) is 9.59 Å². The Morgan fingerprint density at radius 1 is 1.16 bits per heavy atom. The Kier molecular flexibility index (Phi) is 3.57. The molecule has 1 saturated heterocycles. The van der Waals surface area contributed by atoms with Gasteiger partial charge in [-0.05, 0) is 51.5 Å². The van der Waals surface area contributed by atoms with Gasteiger partial charge in [-0.15, -0.1) is 0 Å². The molecule has 1 aliphatic heterocycles. The molecule has 2 aliphatic carbocycles. The Morgan fingerprint density at radius 2 is 1.80 bits per heavy atom. The van der Waals surface area contributed by atoms with Crippen LogP contribution in [0.25, 0.3) is 0 Å². The quantitative estimate of drug-likeness (QED) is 0.680. The smallest absolute Gasteiger partial charge is 0.247 e. The van der Waals surface area contributed by atoms with Crippen molar-refractivity contribution in [2.45, 2.75) is 51.7 Å². The van der Waals surface area contributed by atoms with Crippen LogP contribution in [0, 0.1) is 24.7 Å². The van der Waals surface area contributed by atoms with Gasteiger partial charge < -0.3 is 10.2 Å². The molecule has 1 heterocycles. The van der Waals surface area contributed by atoms with Crippen molar-refractivity contribution in [2.75, 3.05) is 0 Å². The van der Waals surface area contributed by atoms with Crippen molar-refractivity contribution in [3.8, 4) is 0 Å². The lowest BCUT2D eigenvalue weighted by atomic mass is 9.77. The number of carbonyl (C=O) groups is 2. The summed E-state index contributed by atoms with van der Waals surface area (Å²) in [6.07, 6.45) is 5.48. The molecule has 0 spiro atoms. The highest BCUT2D eigenvalue weighted by molar-refractivity contribution is 5.95. The zero-order chi connectivity index (χ0) is 17.9. The fraction of sp³-hybridized carbons (Fsp3) is 0.524. The summed E-state index contributed by atoms with van der Waals surface area (Å²) < 4.78 is 0. The minimum atomic E-state index is -0.540. The van der Waals surface area contributed by atoms with Crippen molar-refractivity contribution >= 4 is 11.8 Å². The average Bonchev–Trinajstić information content (AvgIpc) is 3.09. The molecule has 1 aromatic carbocycles. The first-order chi connectivity index (χ1) is 11.8. The van der Waals surface area contributed by atoms with Gasteiger partial charge in [-0.25, -0.2) is 0 Å². The van der Waals surface area contributed by atoms with Gasteiger partial charge in [0.1, 0.15) is 6.04 Å². The zero-order valence-corrected chi connectivity index (χ0v) is 15.3. The van der Waals surface area contributed by atoms with Crippen LogP contribution in [0.1, 0.15) is 44.4 Å². The van der Waals surface area contributed by atoms with Crippen LogP contribution in [0.3, 0.4) is 0 Å². The molecule has 4 heteroatoms. The normalized spacial score (nSPS) is 30.9. The molecular formula is C21H26N2O2. The van der Waals surface area contributed by atoms with Crippen LogP contribution in [-0.4, -0.2) is 28.3 Å². The first-order valence-corrected chi connectivity index (χ1v) is 9.15. The van der Waals surface area contributed by atoms with E-state index in [4.69, 9.17) is 0 Å². The monoisotopic (exact) mass is 338 g/mol. The van der Waals surface area contributed by atoms with Crippen LogP contribution in [0.4, 0.5) is 0 Å². The minimum absolute atomic E-state index is 0.0880. The van der Waals surface area contributed by atoms with Gasteiger partial charge in [0.05, 0.1) is 12.0 Å². The van der Waals surface area contributed by atoms with Crippen molar-refractivity contribution in [3.63, 3.8) is 0 Å². The number of carbonyl (C=O) groups excluding carboxylic acids is 2. The highest BCUT2D eigenvalue weighted by atomic mass is 16.2. The lowest BCUT2D eigenvalue weighted by molar-refractivity contribution is -0.166. The molecule has 2 bridgehead atoms. The zero-order valence-electron chi connectivity index (χ0n) is 15.3. The van der Waals surface area contributed by atoms with Gasteiger partial charge >= 0.3 is 0 Å². The van der Waals surface area contributed by atoms with Gasteiger partial charge in [0.15, 0.2) is 0 Å². The third-order valence-corrected chi connectivity index (χ3v) is 5.70. The maximum Gasteiger partial charge on any atom is 0.247 e. The second kappa shape index (κ2) is 5.45. The van der Waals surface area contributed by atoms with E-state index in [-0.39, 0.29) is 29.3 Å². The summed E-state index contributed by atoms with van der Waals surface area (Å²) in [5.41, 5.74) is 1.71. The van der Waals surface area contributed by atoms with Crippen LogP contribution < -0.4 is 5.32 Å². The second-order valence-electron chi connectivity index (χ2n) is 8.76. The van der Waals surface area contributed by atoms with Crippen LogP contribution in [-0.2, 0) is 9.59 Å². The van der Waals surface area contributed by atoms with Crippen LogP contribution in [0.15, 0.2) is 36.4 Å². The summed E-state index contributed by atoms with van der Waals surface area (Å²) in [5, 5.41) is 3.08. The highest BCUT2D eigenvalue weighted by Crippen LogP contribution is 2.55. The first-order valence-electron chi connectivity index (χ1n) is 9.15. The van der Waals surface area contributed by atoms with Gasteiger partial charge in [-0.1, -0.05) is 42.0 Å². The molecule has 5 atom stereocenters. The van der Waals surface area contributed by atoms with Gasteiger partial charge in [0.25, 0.3) is 0 Å². The number of nitrogens with zero attached hydrogens (tertiary/aromatic N) is 1. The Labute approximate surface area is 149 Å². The molecule has 1 N–H and O–H groups in total. The van der Waals surface area contributed by atoms with E-state index in [0.717, 1.165) is 17.5 Å². The van der Waals surface area contributed by atoms with E-state index in [1.807, 2.05) is 56.9 Å². The number of allylic oxidation sites excluding steroid dienone is 1. The molecule has 0 radical (unpaired) electrons. The summed E-state index contributed by atoms with van der Waals surface area (Å²) in [6, 6.07) is 7.61. The number of β-lactam (4-membered cyclic amide) rings is 1. The molecule has 2 fully saturated rings. The molecule has 2 amide bonds. The molecule has 4 nitrogen and oxygen atoms in total. The summed E-state index contributed by atoms with van der Waals surface area (Å²) in [5.74, 6) is 0.919. The SMILES string of the molecule is Cc1ccc(C(C(=O)NC(C)(C)C)N2C(=O)[C@H]3[C@@H]2[C@@H]2C=C[C@H]3C2)cc1. The van der Waals surface area contributed by atoms with Crippen molar-refractivity contribution < 1.29 is 9.59 Å². The predicted molar refractivity (Wildman–Crippen MR) is 96.7 cm³/mol. The van der Waals surface area contributed by atoms with E-state index in [0.29, 0.717) is 11.8 Å². The number of benzene rings is 1. The predicted octanol–water partition coefficient (Wildman–Crippen LogP) is 2.98. The van der Waals surface area contributed by atoms with E-state index in [1.54, 1.807) is 0 Å². The lowest BCUT2D eigenvalue weighted by Gasteiger charge is -2.51. The van der Waals surface area contributed by atoms with Crippen molar-refractivity contribution in [1.82, 2.24) is 10.2 Å². The van der Waals surface area contributed by atoms with Crippen molar-refractivity contribution in [1.29, 1.82) is 0 Å². The van der Waals surface area contributed by atoms with Crippen molar-refractivity contribution in [3.05, 3.63) is 47.5 Å². The average molecular weight is 338 g/mol. The molecule has 4 rings (SSSR count). The molecule has 1 unspecified atom stereocenters. The minimum Gasteiger partial charge on any atom is -0.349 e. The second-order valence-corrected chi connectivity index (χ2v) is 8.76. The number of aryl methyl sites for hydroxylation is 1. The Balaban J connectivity index is 1.68. The topological polar surface area (TPSA) is 49.4 Å². The number of hydrogen-bond acceptors (Lipinski definition) is 2. The lowest BCUT2D eigenvalue weighted by Crippen LogP contribution is -2.65. The number of rotatable bonds is 3. The molecule has 3 aliphatic rings. The third-order valence-electron chi connectivity index (χ3n) is 5.70. The number of nitrogens with one attached hydrogen (secondary N) is 1. The summed E-state index contributed by atoms with van der Waals surface area (Å²) in [4.78, 5) is 27.8. The molecule has 1 aromatic rings. The largest absolute Gasteiger partial charge is 0.349 e. The molecule has 25 heavy (non-hydrogen) atoms. The summed E-state index contributed by atoms with van der Waals surface area (Å²) in [7, 11) is 0. The third kappa shape index (κ3) is 2.59. The van der Waals surface area contributed by atoms with E-state index >= 15 is 0 Å². The Bertz CT molecular complexity index is 744. The maximum absolute atomic E-state index is 13.1. The number of amides is 2. The fourth-order valence-corrected chi connectivity index (χ4v) is 4.67. The standard InChI is InChI=1S/C21H26N2O2/c1-12-5-7-13(8-6-12)18(19(24)22-21(2,3)4)23-17-15-10-9-14(11-15)16(17)20(23)25/h5-10,14-18H,11H2,1-4H3,(H,22,24)/t14-,15+,16+,17-,18?/m0/s1. The molecular weight excluding hydrogens is 312 g/mol.